The molecule has 5 rings (SSSR count). The molecule has 0 amide bonds. The summed E-state index contributed by atoms with van der Waals surface area (Å²) in [6, 6.07) is 19.1. The average Bonchev–Trinajstić information content (AvgIpc) is 3.27. The number of carbonyl (C=O) groups is 1. The van der Waals surface area contributed by atoms with Gasteiger partial charge in [-0.05, 0) is 0 Å². The molecule has 2 aromatic carbocycles. The quantitative estimate of drug-likeness (QED) is 0.831. The van der Waals surface area contributed by atoms with E-state index in [1.807, 2.05) is 60.7 Å². The van der Waals surface area contributed by atoms with E-state index in [0.29, 0.717) is 0 Å². The average molecular weight is 340 g/mol. The highest BCUT2D eigenvalue weighted by molar-refractivity contribution is 5.78. The minimum Gasteiger partial charge on any atom is -0.454 e. The third kappa shape index (κ3) is 2.09. The highest BCUT2D eigenvalue weighted by atomic mass is 16.8. The van der Waals surface area contributed by atoms with E-state index in [-0.39, 0.29) is 0 Å². The lowest BCUT2D eigenvalue weighted by atomic mass is 9.97. The summed E-state index contributed by atoms with van der Waals surface area (Å²) in [7, 11) is 0. The Kier molecular flexibility index (Phi) is 3.23. The summed E-state index contributed by atoms with van der Waals surface area (Å²) in [4.78, 5) is 11.6. The van der Waals surface area contributed by atoms with Crippen molar-refractivity contribution in [2.75, 3.05) is 0 Å². The molecule has 0 aromatic heterocycles. The van der Waals surface area contributed by atoms with Gasteiger partial charge in [0, 0.05) is 11.1 Å². The summed E-state index contributed by atoms with van der Waals surface area (Å²) < 4.78 is 23.5. The number of benzene rings is 2. The van der Waals surface area contributed by atoms with E-state index in [1.165, 1.54) is 0 Å². The van der Waals surface area contributed by atoms with Crippen LogP contribution < -0.4 is 0 Å². The molecule has 2 aromatic rings. The maximum Gasteiger partial charge on any atom is 0.338 e. The molecule has 3 aliphatic heterocycles. The topological polar surface area (TPSA) is 74.2 Å². The van der Waals surface area contributed by atoms with Crippen LogP contribution in [0.2, 0.25) is 0 Å². The number of ether oxygens (including phenoxy) is 4. The van der Waals surface area contributed by atoms with Crippen LogP contribution >= 0.6 is 0 Å². The molecular formula is C19H16O6. The van der Waals surface area contributed by atoms with Gasteiger partial charge in [-0.1, -0.05) is 60.7 Å². The van der Waals surface area contributed by atoms with Crippen molar-refractivity contribution in [2.45, 2.75) is 36.5 Å². The number of hydrogen-bond donors (Lipinski definition) is 1. The van der Waals surface area contributed by atoms with Crippen molar-refractivity contribution in [2.24, 2.45) is 0 Å². The molecule has 5 unspecified atom stereocenters. The van der Waals surface area contributed by atoms with Crippen molar-refractivity contribution in [1.82, 2.24) is 0 Å². The molecule has 0 saturated carbocycles. The molecule has 3 fully saturated rings. The first kappa shape index (κ1) is 15.0. The van der Waals surface area contributed by atoms with Gasteiger partial charge in [0.25, 0.3) is 0 Å². The van der Waals surface area contributed by atoms with Gasteiger partial charge in [0.05, 0.1) is 0 Å². The Labute approximate surface area is 143 Å². The minimum absolute atomic E-state index is 0.605. The van der Waals surface area contributed by atoms with E-state index in [9.17, 15) is 9.90 Å². The van der Waals surface area contributed by atoms with Crippen molar-refractivity contribution in [3.63, 3.8) is 0 Å². The summed E-state index contributed by atoms with van der Waals surface area (Å²) in [6.07, 6.45) is -4.07. The van der Waals surface area contributed by atoms with Crippen LogP contribution in [0, 0.1) is 0 Å². The van der Waals surface area contributed by atoms with E-state index in [4.69, 9.17) is 18.9 Å². The van der Waals surface area contributed by atoms with E-state index >= 15 is 0 Å². The maximum absolute atomic E-state index is 11.6. The molecule has 0 aliphatic carbocycles. The first-order valence-electron chi connectivity index (χ1n) is 8.20. The molecule has 0 spiro atoms. The molecule has 6 nitrogen and oxygen atoms in total. The van der Waals surface area contributed by atoms with Gasteiger partial charge < -0.3 is 24.1 Å². The van der Waals surface area contributed by atoms with Crippen molar-refractivity contribution in [3.8, 4) is 0 Å². The highest BCUT2D eigenvalue weighted by Gasteiger charge is 2.65. The van der Waals surface area contributed by atoms with Gasteiger partial charge in [0.2, 0.25) is 5.79 Å². The lowest BCUT2D eigenvalue weighted by Crippen LogP contribution is -2.37. The third-order valence-electron chi connectivity index (χ3n) is 4.90. The Hall–Kier alpha value is -2.25. The van der Waals surface area contributed by atoms with E-state index < -0.39 is 42.5 Å². The van der Waals surface area contributed by atoms with Crippen LogP contribution in [-0.2, 0) is 29.5 Å². The van der Waals surface area contributed by atoms with E-state index in [1.54, 1.807) is 0 Å². The number of aliphatic hydroxyl groups excluding tert-OH is 1. The predicted octanol–water partition coefficient (Wildman–Crippen LogP) is 1.31. The number of carbonyl (C=O) groups excluding carboxylic acids is 1. The molecule has 0 radical (unpaired) electrons. The first-order chi connectivity index (χ1) is 12.2. The molecule has 128 valence electrons. The third-order valence-corrected chi connectivity index (χ3v) is 4.90. The Morgan fingerprint density at radius 3 is 2.00 bits per heavy atom. The zero-order valence-electron chi connectivity index (χ0n) is 13.1. The smallest absolute Gasteiger partial charge is 0.338 e. The molecule has 0 bridgehead atoms. The summed E-state index contributed by atoms with van der Waals surface area (Å²) >= 11 is 0. The van der Waals surface area contributed by atoms with Gasteiger partial charge in [0.15, 0.2) is 24.6 Å². The fourth-order valence-corrected chi connectivity index (χ4v) is 3.73. The summed E-state index contributed by atoms with van der Waals surface area (Å²) in [6.45, 7) is 0. The SMILES string of the molecule is O=C1OC2C3OC(c4ccccc4)(c4ccccc4)OC3OC2C1O. The number of esters is 1. The van der Waals surface area contributed by atoms with Crippen LogP contribution in [0.5, 0.6) is 0 Å². The van der Waals surface area contributed by atoms with E-state index in [0.717, 1.165) is 11.1 Å². The van der Waals surface area contributed by atoms with Gasteiger partial charge >= 0.3 is 5.97 Å². The zero-order chi connectivity index (χ0) is 17.0. The molecule has 25 heavy (non-hydrogen) atoms. The van der Waals surface area contributed by atoms with Gasteiger partial charge in [-0.15, -0.1) is 0 Å². The summed E-state index contributed by atoms with van der Waals surface area (Å²) in [5, 5.41) is 9.88. The molecule has 5 atom stereocenters. The standard InChI is InChI=1S/C19H16O6/c20-13-14-15(22-17(13)21)16-18(23-14)25-19(24-16,11-7-3-1-4-8-11)12-9-5-2-6-10-12/h1-10,13-16,18,20H. The lowest BCUT2D eigenvalue weighted by molar-refractivity contribution is -0.218. The van der Waals surface area contributed by atoms with Crippen LogP contribution in [0.25, 0.3) is 0 Å². The Morgan fingerprint density at radius 1 is 0.800 bits per heavy atom. The van der Waals surface area contributed by atoms with Crippen LogP contribution in [0.15, 0.2) is 60.7 Å². The fraction of sp³-hybridized carbons (Fsp3) is 0.316. The van der Waals surface area contributed by atoms with Crippen molar-refractivity contribution in [1.29, 1.82) is 0 Å². The van der Waals surface area contributed by atoms with Crippen molar-refractivity contribution >= 4 is 5.97 Å². The molecular weight excluding hydrogens is 324 g/mol. The van der Waals surface area contributed by atoms with Gasteiger partial charge in [-0.3, -0.25) is 0 Å². The van der Waals surface area contributed by atoms with Crippen LogP contribution in [0.3, 0.4) is 0 Å². The lowest BCUT2D eigenvalue weighted by Gasteiger charge is -2.30. The number of aliphatic hydroxyl groups is 1. The van der Waals surface area contributed by atoms with Gasteiger partial charge in [0.1, 0.15) is 6.10 Å². The zero-order valence-corrected chi connectivity index (χ0v) is 13.1. The first-order valence-corrected chi connectivity index (χ1v) is 8.20. The second kappa shape index (κ2) is 5.37. The molecule has 3 heterocycles. The minimum atomic E-state index is -1.30. The van der Waals surface area contributed by atoms with Crippen LogP contribution in [-0.4, -0.2) is 41.8 Å². The Balaban J connectivity index is 1.56. The number of hydrogen-bond acceptors (Lipinski definition) is 6. The van der Waals surface area contributed by atoms with Crippen LogP contribution in [0.1, 0.15) is 11.1 Å². The van der Waals surface area contributed by atoms with Crippen molar-refractivity contribution < 1.29 is 28.8 Å². The number of fused-ring (bicyclic) bond motifs is 3. The second-order valence-corrected chi connectivity index (χ2v) is 6.36. The normalized spacial score (nSPS) is 35.2. The van der Waals surface area contributed by atoms with Gasteiger partial charge in [-0.25, -0.2) is 4.79 Å². The fourth-order valence-electron chi connectivity index (χ4n) is 3.73. The van der Waals surface area contributed by atoms with E-state index in [2.05, 4.69) is 0 Å². The Morgan fingerprint density at radius 2 is 1.40 bits per heavy atom. The highest BCUT2D eigenvalue weighted by Crippen LogP contribution is 2.49. The molecule has 1 N–H and O–H groups in total. The second-order valence-electron chi connectivity index (χ2n) is 6.36. The molecule has 3 aliphatic rings. The maximum atomic E-state index is 11.6. The van der Waals surface area contributed by atoms with Crippen LogP contribution in [0.4, 0.5) is 0 Å². The van der Waals surface area contributed by atoms with Gasteiger partial charge in [-0.2, -0.15) is 0 Å². The predicted molar refractivity (Wildman–Crippen MR) is 84.2 cm³/mol. The molecule has 6 heteroatoms. The summed E-state index contributed by atoms with van der Waals surface area (Å²) in [5.41, 5.74) is 1.64. The largest absolute Gasteiger partial charge is 0.454 e. The van der Waals surface area contributed by atoms with Crippen molar-refractivity contribution in [3.05, 3.63) is 71.8 Å². The Bertz CT molecular complexity index is 753. The summed E-state index contributed by atoms with van der Waals surface area (Å²) in [5.74, 6) is -1.84. The molecule has 3 saturated heterocycles. The monoisotopic (exact) mass is 340 g/mol. The number of rotatable bonds is 2.